The van der Waals surface area contributed by atoms with Gasteiger partial charge in [0.25, 0.3) is 0 Å². The van der Waals surface area contributed by atoms with Crippen LogP contribution in [0.5, 0.6) is 5.75 Å². The molecule has 2 aliphatic rings. The number of nitrogens with zero attached hydrogens (tertiary/aromatic N) is 1. The van der Waals surface area contributed by atoms with Crippen molar-refractivity contribution in [3.8, 4) is 5.75 Å². The van der Waals surface area contributed by atoms with Gasteiger partial charge in [0.05, 0.1) is 6.10 Å². The molecule has 1 aromatic heterocycles. The van der Waals surface area contributed by atoms with Crippen molar-refractivity contribution in [1.82, 2.24) is 4.90 Å². The maximum absolute atomic E-state index is 13.7. The number of para-hydroxylation sites is 1. The number of ether oxygens (including phenoxy) is 2. The molecule has 2 fully saturated rings. The van der Waals surface area contributed by atoms with E-state index >= 15 is 0 Å². The van der Waals surface area contributed by atoms with Gasteiger partial charge in [0.2, 0.25) is 0 Å². The molecule has 0 bridgehead atoms. The molecule has 3 heterocycles. The molecule has 1 unspecified atom stereocenters. The number of likely N-dealkylation sites (tertiary alicyclic amines) is 1. The second kappa shape index (κ2) is 7.85. The molecule has 2 aromatic rings. The van der Waals surface area contributed by atoms with E-state index in [9.17, 15) is 4.39 Å². The Hall–Kier alpha value is -1.43. The van der Waals surface area contributed by atoms with Gasteiger partial charge in [-0.2, -0.15) is 0 Å². The van der Waals surface area contributed by atoms with Gasteiger partial charge in [-0.05, 0) is 49.9 Å². The molecule has 0 radical (unpaired) electrons. The van der Waals surface area contributed by atoms with Gasteiger partial charge in [-0.25, -0.2) is 4.39 Å². The fourth-order valence-electron chi connectivity index (χ4n) is 3.58. The smallest absolute Gasteiger partial charge is 0.165 e. The van der Waals surface area contributed by atoms with Crippen LogP contribution in [0.15, 0.2) is 36.4 Å². The molecule has 25 heavy (non-hydrogen) atoms. The number of benzene rings is 1. The summed E-state index contributed by atoms with van der Waals surface area (Å²) >= 11 is 1.88. The normalized spacial score (nSPS) is 22.4. The maximum Gasteiger partial charge on any atom is 0.165 e. The summed E-state index contributed by atoms with van der Waals surface area (Å²) in [6, 6.07) is 11.1. The van der Waals surface area contributed by atoms with E-state index in [-0.39, 0.29) is 11.9 Å². The summed E-state index contributed by atoms with van der Waals surface area (Å²) in [5.74, 6) is 0.102. The highest BCUT2D eigenvalue weighted by Gasteiger charge is 2.23. The van der Waals surface area contributed by atoms with Crippen LogP contribution < -0.4 is 4.74 Å². The second-order valence-corrected chi connectivity index (χ2v) is 8.03. The van der Waals surface area contributed by atoms with Crippen LogP contribution in [0.3, 0.4) is 0 Å². The minimum atomic E-state index is -0.273. The quantitative estimate of drug-likeness (QED) is 0.765. The molecule has 2 aliphatic heterocycles. The SMILES string of the molecule is Fc1ccccc1OC1CCN(Cc2ccc(C3CCCO3)s2)CC1. The molecule has 5 heteroatoms. The lowest BCUT2D eigenvalue weighted by molar-refractivity contribution is 0.0940. The van der Waals surface area contributed by atoms with E-state index in [4.69, 9.17) is 9.47 Å². The Morgan fingerprint density at radius 3 is 2.72 bits per heavy atom. The zero-order valence-corrected chi connectivity index (χ0v) is 15.1. The van der Waals surface area contributed by atoms with Crippen LogP contribution in [0, 0.1) is 5.82 Å². The van der Waals surface area contributed by atoms with E-state index in [0.717, 1.165) is 45.5 Å². The van der Waals surface area contributed by atoms with Gasteiger partial charge in [-0.3, -0.25) is 4.90 Å². The van der Waals surface area contributed by atoms with Crippen LogP contribution in [0.25, 0.3) is 0 Å². The van der Waals surface area contributed by atoms with Gasteiger partial charge in [0.1, 0.15) is 6.10 Å². The molecule has 0 aliphatic carbocycles. The van der Waals surface area contributed by atoms with Gasteiger partial charge >= 0.3 is 0 Å². The summed E-state index contributed by atoms with van der Waals surface area (Å²) < 4.78 is 25.3. The summed E-state index contributed by atoms with van der Waals surface area (Å²) in [5, 5.41) is 0. The van der Waals surface area contributed by atoms with Crippen molar-refractivity contribution in [2.24, 2.45) is 0 Å². The first kappa shape index (κ1) is 17.0. The highest BCUT2D eigenvalue weighted by atomic mass is 32.1. The number of rotatable bonds is 5. The lowest BCUT2D eigenvalue weighted by Crippen LogP contribution is -2.37. The maximum atomic E-state index is 13.7. The standard InChI is InChI=1S/C20H24FNO2S/c21-17-4-1-2-5-18(17)24-15-9-11-22(12-10-15)14-16-7-8-20(25-16)19-6-3-13-23-19/h1-2,4-5,7-8,15,19H,3,6,9-14H2. The predicted molar refractivity (Wildman–Crippen MR) is 97.6 cm³/mol. The average molecular weight is 361 g/mol. The topological polar surface area (TPSA) is 21.7 Å². The predicted octanol–water partition coefficient (Wildman–Crippen LogP) is 4.78. The summed E-state index contributed by atoms with van der Waals surface area (Å²) in [7, 11) is 0. The lowest BCUT2D eigenvalue weighted by atomic mass is 10.1. The van der Waals surface area contributed by atoms with Gasteiger partial charge in [0.15, 0.2) is 11.6 Å². The van der Waals surface area contributed by atoms with Crippen LogP contribution in [0.1, 0.15) is 41.5 Å². The fraction of sp³-hybridized carbons (Fsp3) is 0.500. The Labute approximate surface area is 152 Å². The van der Waals surface area contributed by atoms with E-state index in [1.807, 2.05) is 17.4 Å². The minimum absolute atomic E-state index is 0.110. The highest BCUT2D eigenvalue weighted by molar-refractivity contribution is 7.12. The molecular formula is C20H24FNO2S. The Bertz CT molecular complexity index is 691. The first-order valence-corrected chi connectivity index (χ1v) is 9.93. The summed E-state index contributed by atoms with van der Waals surface area (Å²) in [4.78, 5) is 5.23. The van der Waals surface area contributed by atoms with E-state index in [1.165, 1.54) is 22.2 Å². The third-order valence-corrected chi connectivity index (χ3v) is 6.14. The number of hydrogen-bond donors (Lipinski definition) is 0. The van der Waals surface area contributed by atoms with Crippen molar-refractivity contribution < 1.29 is 13.9 Å². The van der Waals surface area contributed by atoms with Crippen molar-refractivity contribution in [3.05, 3.63) is 52.0 Å². The van der Waals surface area contributed by atoms with Crippen molar-refractivity contribution in [3.63, 3.8) is 0 Å². The van der Waals surface area contributed by atoms with E-state index in [1.54, 1.807) is 12.1 Å². The lowest BCUT2D eigenvalue weighted by Gasteiger charge is -2.31. The van der Waals surface area contributed by atoms with Gasteiger partial charge in [-0.15, -0.1) is 11.3 Å². The molecular weight excluding hydrogens is 337 g/mol. The molecule has 0 saturated carbocycles. The number of hydrogen-bond acceptors (Lipinski definition) is 4. The van der Waals surface area contributed by atoms with Crippen molar-refractivity contribution in [2.75, 3.05) is 19.7 Å². The van der Waals surface area contributed by atoms with Crippen LogP contribution >= 0.6 is 11.3 Å². The molecule has 3 nitrogen and oxygen atoms in total. The Morgan fingerprint density at radius 2 is 1.96 bits per heavy atom. The molecule has 0 spiro atoms. The summed E-state index contributed by atoms with van der Waals surface area (Å²) in [6.45, 7) is 3.87. The largest absolute Gasteiger partial charge is 0.487 e. The van der Waals surface area contributed by atoms with Crippen LogP contribution in [-0.4, -0.2) is 30.7 Å². The average Bonchev–Trinajstić information content (AvgIpc) is 3.30. The third-order valence-electron chi connectivity index (χ3n) is 4.97. The molecule has 1 atom stereocenters. The van der Waals surface area contributed by atoms with Crippen LogP contribution in [-0.2, 0) is 11.3 Å². The third kappa shape index (κ3) is 4.22. The first-order valence-electron chi connectivity index (χ1n) is 9.12. The van der Waals surface area contributed by atoms with Gasteiger partial charge < -0.3 is 9.47 Å². The zero-order valence-electron chi connectivity index (χ0n) is 14.3. The molecule has 0 amide bonds. The zero-order chi connectivity index (χ0) is 17.1. The monoisotopic (exact) mass is 361 g/mol. The molecule has 4 rings (SSSR count). The summed E-state index contributed by atoms with van der Waals surface area (Å²) in [6.07, 6.45) is 4.64. The van der Waals surface area contributed by atoms with Crippen LogP contribution in [0.4, 0.5) is 4.39 Å². The summed E-state index contributed by atoms with van der Waals surface area (Å²) in [5.41, 5.74) is 0. The Morgan fingerprint density at radius 1 is 1.12 bits per heavy atom. The molecule has 2 saturated heterocycles. The number of halogens is 1. The number of thiophene rings is 1. The fourth-order valence-corrected chi connectivity index (χ4v) is 4.72. The molecule has 1 aromatic carbocycles. The number of piperidine rings is 1. The van der Waals surface area contributed by atoms with Gasteiger partial charge in [-0.1, -0.05) is 12.1 Å². The molecule has 0 N–H and O–H groups in total. The molecule has 134 valence electrons. The van der Waals surface area contributed by atoms with Crippen molar-refractivity contribution >= 4 is 11.3 Å². The van der Waals surface area contributed by atoms with E-state index in [0.29, 0.717) is 11.9 Å². The van der Waals surface area contributed by atoms with Crippen molar-refractivity contribution in [2.45, 2.75) is 44.4 Å². The van der Waals surface area contributed by atoms with Crippen LogP contribution in [0.2, 0.25) is 0 Å². The highest BCUT2D eigenvalue weighted by Crippen LogP contribution is 2.34. The Balaban J connectivity index is 1.27. The minimum Gasteiger partial charge on any atom is -0.487 e. The second-order valence-electron chi connectivity index (χ2n) is 6.83. The van der Waals surface area contributed by atoms with E-state index in [2.05, 4.69) is 17.0 Å². The van der Waals surface area contributed by atoms with Gasteiger partial charge in [0, 0.05) is 36.0 Å². The Kier molecular flexibility index (Phi) is 5.34. The van der Waals surface area contributed by atoms with E-state index < -0.39 is 0 Å². The van der Waals surface area contributed by atoms with Crippen molar-refractivity contribution in [1.29, 1.82) is 0 Å². The first-order chi connectivity index (χ1) is 12.3.